The fourth-order valence-corrected chi connectivity index (χ4v) is 3.98. The van der Waals surface area contributed by atoms with Crippen molar-refractivity contribution >= 4 is 17.8 Å². The van der Waals surface area contributed by atoms with Gasteiger partial charge in [0.25, 0.3) is 0 Å². The van der Waals surface area contributed by atoms with Gasteiger partial charge in [-0.3, -0.25) is 9.59 Å². The first-order valence-corrected chi connectivity index (χ1v) is 8.58. The molecule has 0 bridgehead atoms. The SMILES string of the molecule is Cc1ccc(CCC(=O)N[C@@H]2C(=O)N3[C@@H]2CC(C)(C)[C@@H]3C(=O)[O-])cc1.[Na+]. The minimum Gasteiger partial charge on any atom is -0.548 e. The molecule has 3 atom stereocenters. The van der Waals surface area contributed by atoms with E-state index in [1.54, 1.807) is 0 Å². The Morgan fingerprint density at radius 2 is 1.88 bits per heavy atom. The van der Waals surface area contributed by atoms with Gasteiger partial charge < -0.3 is 20.1 Å². The van der Waals surface area contributed by atoms with Crippen LogP contribution in [0.5, 0.6) is 0 Å². The van der Waals surface area contributed by atoms with Gasteiger partial charge >= 0.3 is 29.6 Å². The van der Waals surface area contributed by atoms with Crippen LogP contribution in [-0.2, 0) is 20.8 Å². The summed E-state index contributed by atoms with van der Waals surface area (Å²) < 4.78 is 0. The summed E-state index contributed by atoms with van der Waals surface area (Å²) in [4.78, 5) is 37.2. The standard InChI is InChI=1S/C19H24N2O4.Na/c1-11-4-6-12(7-5-11)8-9-14(22)20-15-13-10-19(2,3)16(18(24)25)21(13)17(15)23;/h4-7,13,15-16H,8-10H2,1-3H3,(H,20,22)(H,24,25);/q;+1/p-1/t13-,15+,16+;/m1./s1. The summed E-state index contributed by atoms with van der Waals surface area (Å²) in [6.45, 7) is 5.64. The second-order valence-corrected chi connectivity index (χ2v) is 7.76. The zero-order chi connectivity index (χ0) is 18.4. The third kappa shape index (κ3) is 3.82. The van der Waals surface area contributed by atoms with Crippen molar-refractivity contribution in [2.24, 2.45) is 5.41 Å². The summed E-state index contributed by atoms with van der Waals surface area (Å²) in [5, 5.41) is 14.1. The van der Waals surface area contributed by atoms with Crippen LogP contribution in [0, 0.1) is 12.3 Å². The molecule has 0 unspecified atom stereocenters. The minimum atomic E-state index is -1.23. The van der Waals surface area contributed by atoms with Crippen molar-refractivity contribution in [3.8, 4) is 0 Å². The van der Waals surface area contributed by atoms with Crippen LogP contribution in [0.4, 0.5) is 0 Å². The van der Waals surface area contributed by atoms with Crippen LogP contribution in [0.3, 0.4) is 0 Å². The van der Waals surface area contributed by atoms with E-state index in [9.17, 15) is 19.5 Å². The van der Waals surface area contributed by atoms with Crippen molar-refractivity contribution in [1.82, 2.24) is 10.2 Å². The number of carbonyl (C=O) groups excluding carboxylic acids is 3. The number of aryl methyl sites for hydroxylation is 2. The number of benzene rings is 1. The summed E-state index contributed by atoms with van der Waals surface area (Å²) in [6, 6.07) is 6.18. The second-order valence-electron chi connectivity index (χ2n) is 7.76. The number of amides is 2. The van der Waals surface area contributed by atoms with Crippen LogP contribution in [-0.4, -0.2) is 40.8 Å². The van der Waals surface area contributed by atoms with Crippen LogP contribution in [0.2, 0.25) is 0 Å². The molecule has 26 heavy (non-hydrogen) atoms. The zero-order valence-corrected chi connectivity index (χ0v) is 17.7. The molecule has 0 saturated carbocycles. The van der Waals surface area contributed by atoms with E-state index in [2.05, 4.69) is 5.32 Å². The summed E-state index contributed by atoms with van der Waals surface area (Å²) in [5.41, 5.74) is 1.68. The first kappa shape index (κ1) is 20.9. The number of nitrogens with zero attached hydrogens (tertiary/aromatic N) is 1. The molecule has 134 valence electrons. The maximum atomic E-state index is 12.3. The van der Waals surface area contributed by atoms with E-state index >= 15 is 0 Å². The molecule has 0 radical (unpaired) electrons. The molecule has 2 aliphatic heterocycles. The molecular weight excluding hydrogens is 343 g/mol. The van der Waals surface area contributed by atoms with Crippen LogP contribution >= 0.6 is 0 Å². The van der Waals surface area contributed by atoms with E-state index in [4.69, 9.17) is 0 Å². The number of nitrogens with one attached hydrogen (secondary N) is 1. The third-order valence-corrected chi connectivity index (χ3v) is 5.32. The van der Waals surface area contributed by atoms with Gasteiger partial charge in [0, 0.05) is 6.42 Å². The van der Waals surface area contributed by atoms with Crippen LogP contribution in [0.15, 0.2) is 24.3 Å². The normalized spacial score (nSPS) is 25.7. The van der Waals surface area contributed by atoms with Gasteiger partial charge in [0.1, 0.15) is 6.04 Å². The predicted molar refractivity (Wildman–Crippen MR) is 89.3 cm³/mol. The van der Waals surface area contributed by atoms with Gasteiger partial charge in [0.15, 0.2) is 0 Å². The number of fused-ring (bicyclic) bond motifs is 1. The fraction of sp³-hybridized carbons (Fsp3) is 0.526. The van der Waals surface area contributed by atoms with Gasteiger partial charge in [-0.2, -0.15) is 0 Å². The number of carboxylic acids is 1. The molecular formula is C19H23N2NaO4. The van der Waals surface area contributed by atoms with Crippen LogP contribution in [0.1, 0.15) is 37.8 Å². The summed E-state index contributed by atoms with van der Waals surface area (Å²) in [7, 11) is 0. The van der Waals surface area contributed by atoms with Gasteiger partial charge in [-0.1, -0.05) is 43.7 Å². The first-order valence-electron chi connectivity index (χ1n) is 8.58. The molecule has 7 heteroatoms. The topological polar surface area (TPSA) is 89.5 Å². The van der Waals surface area contributed by atoms with Crippen molar-refractivity contribution in [3.63, 3.8) is 0 Å². The average molecular weight is 366 g/mol. The Bertz CT molecular complexity index is 717. The molecule has 3 rings (SSSR count). The number of hydrogen-bond donors (Lipinski definition) is 1. The number of hydrogen-bond acceptors (Lipinski definition) is 4. The molecule has 2 amide bonds. The number of rotatable bonds is 5. The molecule has 2 heterocycles. The Balaban J connectivity index is 0.00000243. The van der Waals surface area contributed by atoms with E-state index in [0.717, 1.165) is 5.56 Å². The molecule has 1 N–H and O–H groups in total. The molecule has 0 aliphatic carbocycles. The van der Waals surface area contributed by atoms with Crippen molar-refractivity contribution in [2.75, 3.05) is 0 Å². The molecule has 1 aromatic rings. The van der Waals surface area contributed by atoms with Crippen molar-refractivity contribution < 1.29 is 49.0 Å². The quantitative estimate of drug-likeness (QED) is 0.450. The molecule has 2 fully saturated rings. The predicted octanol–water partition coefficient (Wildman–Crippen LogP) is -2.82. The van der Waals surface area contributed by atoms with E-state index in [-0.39, 0.29) is 47.4 Å². The van der Waals surface area contributed by atoms with E-state index in [1.807, 2.05) is 45.0 Å². The number of aliphatic carboxylic acids is 1. The van der Waals surface area contributed by atoms with Crippen molar-refractivity contribution in [2.45, 2.75) is 58.2 Å². The van der Waals surface area contributed by atoms with E-state index in [1.165, 1.54) is 10.5 Å². The molecule has 0 spiro atoms. The van der Waals surface area contributed by atoms with Crippen LogP contribution in [0.25, 0.3) is 0 Å². The number of β-lactam (4-membered cyclic amide) rings is 1. The average Bonchev–Trinajstić information content (AvgIpc) is 2.80. The Morgan fingerprint density at radius 3 is 2.46 bits per heavy atom. The zero-order valence-electron chi connectivity index (χ0n) is 15.7. The van der Waals surface area contributed by atoms with Gasteiger partial charge in [-0.05, 0) is 30.7 Å². The van der Waals surface area contributed by atoms with Crippen molar-refractivity contribution in [1.29, 1.82) is 0 Å². The molecule has 2 aliphatic rings. The summed E-state index contributed by atoms with van der Waals surface area (Å²) >= 11 is 0. The van der Waals surface area contributed by atoms with Crippen molar-refractivity contribution in [3.05, 3.63) is 35.4 Å². The minimum absolute atomic E-state index is 0. The van der Waals surface area contributed by atoms with Crippen LogP contribution < -0.4 is 40.0 Å². The van der Waals surface area contributed by atoms with E-state index < -0.39 is 23.5 Å². The Hall–Kier alpha value is -1.37. The third-order valence-electron chi connectivity index (χ3n) is 5.32. The second kappa shape index (κ2) is 7.71. The molecule has 2 saturated heterocycles. The van der Waals surface area contributed by atoms with Gasteiger partial charge in [-0.15, -0.1) is 0 Å². The Morgan fingerprint density at radius 1 is 1.27 bits per heavy atom. The maximum Gasteiger partial charge on any atom is 1.00 e. The van der Waals surface area contributed by atoms with Gasteiger partial charge in [-0.25, -0.2) is 0 Å². The number of carboxylic acid groups (broad SMARTS) is 1. The Kier molecular flexibility index (Phi) is 6.20. The summed E-state index contributed by atoms with van der Waals surface area (Å²) in [6.07, 6.45) is 1.45. The molecule has 1 aromatic carbocycles. The number of carbonyl (C=O) groups is 3. The smallest absolute Gasteiger partial charge is 0.548 e. The Labute approximate surface area is 175 Å². The van der Waals surface area contributed by atoms with Gasteiger partial charge in [0.2, 0.25) is 11.8 Å². The first-order chi connectivity index (χ1) is 11.7. The molecule has 0 aromatic heterocycles. The largest absolute Gasteiger partial charge is 1.00 e. The fourth-order valence-electron chi connectivity index (χ4n) is 3.98. The van der Waals surface area contributed by atoms with Gasteiger partial charge in [0.05, 0.1) is 18.1 Å². The summed E-state index contributed by atoms with van der Waals surface area (Å²) in [5.74, 6) is -1.74. The monoisotopic (exact) mass is 366 g/mol. The maximum absolute atomic E-state index is 12.3. The van der Waals surface area contributed by atoms with E-state index in [0.29, 0.717) is 19.3 Å². The molecule has 6 nitrogen and oxygen atoms in total.